The lowest BCUT2D eigenvalue weighted by Gasteiger charge is -2.08. The first-order valence-electron chi connectivity index (χ1n) is 5.57. The minimum atomic E-state index is -3.87. The maximum absolute atomic E-state index is 11.9. The molecule has 1 aromatic heterocycles. The van der Waals surface area contributed by atoms with Crippen LogP contribution in [0.3, 0.4) is 0 Å². The van der Waals surface area contributed by atoms with Crippen molar-refractivity contribution in [2.45, 2.75) is 24.7 Å². The van der Waals surface area contributed by atoms with Gasteiger partial charge in [-0.3, -0.25) is 9.36 Å². The first-order chi connectivity index (χ1) is 8.31. The van der Waals surface area contributed by atoms with Crippen molar-refractivity contribution in [1.29, 1.82) is 0 Å². The summed E-state index contributed by atoms with van der Waals surface area (Å²) >= 11 is 0. The zero-order valence-corrected chi connectivity index (χ0v) is 11.5. The van der Waals surface area contributed by atoms with Crippen molar-refractivity contribution in [3.63, 3.8) is 0 Å². The van der Waals surface area contributed by atoms with E-state index in [2.05, 4.69) is 4.72 Å². The molecule has 0 amide bonds. The van der Waals surface area contributed by atoms with Gasteiger partial charge in [-0.25, -0.2) is 17.9 Å². The Labute approximate surface area is 105 Å². The Morgan fingerprint density at radius 1 is 1.28 bits per heavy atom. The van der Waals surface area contributed by atoms with Crippen LogP contribution >= 0.6 is 0 Å². The van der Waals surface area contributed by atoms with Gasteiger partial charge in [0.1, 0.15) is 0 Å². The second-order valence-corrected chi connectivity index (χ2v) is 5.74. The molecule has 7 nitrogen and oxygen atoms in total. The molecule has 0 radical (unpaired) electrons. The minimum absolute atomic E-state index is 0.269. The molecule has 8 heteroatoms. The van der Waals surface area contributed by atoms with Crippen molar-refractivity contribution in [2.75, 3.05) is 6.54 Å². The molecular weight excluding hydrogens is 258 g/mol. The minimum Gasteiger partial charge on any atom is -0.302 e. The third kappa shape index (κ3) is 2.88. The van der Waals surface area contributed by atoms with Crippen LogP contribution in [0.4, 0.5) is 0 Å². The average molecular weight is 275 g/mol. The van der Waals surface area contributed by atoms with Crippen LogP contribution < -0.4 is 16.0 Å². The van der Waals surface area contributed by atoms with Crippen LogP contribution in [0, 0.1) is 0 Å². The highest BCUT2D eigenvalue weighted by Gasteiger charge is 2.20. The van der Waals surface area contributed by atoms with E-state index in [1.54, 1.807) is 0 Å². The third-order valence-corrected chi connectivity index (χ3v) is 3.97. The molecule has 1 aromatic rings. The van der Waals surface area contributed by atoms with Crippen LogP contribution in [-0.4, -0.2) is 24.1 Å². The van der Waals surface area contributed by atoms with Crippen molar-refractivity contribution >= 4 is 10.0 Å². The van der Waals surface area contributed by atoms with E-state index < -0.39 is 26.2 Å². The molecule has 18 heavy (non-hydrogen) atoms. The van der Waals surface area contributed by atoms with E-state index in [1.807, 2.05) is 6.92 Å². The normalized spacial score (nSPS) is 11.7. The molecule has 0 atom stereocenters. The smallest absolute Gasteiger partial charge is 0.302 e. The second kappa shape index (κ2) is 5.49. The second-order valence-electron chi connectivity index (χ2n) is 4.00. The number of hydrogen-bond acceptors (Lipinski definition) is 4. The molecule has 0 unspecified atom stereocenters. The van der Waals surface area contributed by atoms with E-state index in [0.29, 0.717) is 6.42 Å². The van der Waals surface area contributed by atoms with Crippen LogP contribution in [0.1, 0.15) is 19.8 Å². The van der Waals surface area contributed by atoms with Crippen molar-refractivity contribution in [3.8, 4) is 0 Å². The molecule has 0 saturated carbocycles. The van der Waals surface area contributed by atoms with Gasteiger partial charge in [0, 0.05) is 26.8 Å². The maximum atomic E-state index is 11.9. The number of hydrogen-bond donors (Lipinski definition) is 1. The molecule has 102 valence electrons. The molecule has 1 N–H and O–H groups in total. The van der Waals surface area contributed by atoms with Crippen molar-refractivity contribution < 1.29 is 8.42 Å². The Bertz CT molecular complexity index is 642. The summed E-state index contributed by atoms with van der Waals surface area (Å²) in [6.45, 7) is 2.20. The average Bonchev–Trinajstić information content (AvgIpc) is 2.31. The number of nitrogens with one attached hydrogen (secondary N) is 1. The van der Waals surface area contributed by atoms with Gasteiger partial charge in [0.25, 0.3) is 5.56 Å². The number of aryl methyl sites for hydroxylation is 1. The van der Waals surface area contributed by atoms with E-state index >= 15 is 0 Å². The largest absolute Gasteiger partial charge is 0.330 e. The standard InChI is InChI=1S/C10H17N3O4S/c1-4-5-6-11-18(16,17)8-7-12(2)10(15)13(3)9(8)14/h7,11H,4-6H2,1-3H3. The number of nitrogens with zero attached hydrogens (tertiary/aromatic N) is 2. The zero-order chi connectivity index (χ0) is 13.9. The number of aromatic nitrogens is 2. The Kier molecular flexibility index (Phi) is 4.47. The number of sulfonamides is 1. The highest BCUT2D eigenvalue weighted by atomic mass is 32.2. The van der Waals surface area contributed by atoms with E-state index in [-0.39, 0.29) is 6.54 Å². The molecule has 0 aliphatic carbocycles. The van der Waals surface area contributed by atoms with Crippen molar-refractivity contribution in [2.24, 2.45) is 14.1 Å². The first-order valence-corrected chi connectivity index (χ1v) is 7.06. The fraction of sp³-hybridized carbons (Fsp3) is 0.600. The Balaban J connectivity index is 3.26. The van der Waals surface area contributed by atoms with Crippen molar-refractivity contribution in [3.05, 3.63) is 27.0 Å². The summed E-state index contributed by atoms with van der Waals surface area (Å²) in [4.78, 5) is 22.8. The van der Waals surface area contributed by atoms with Gasteiger partial charge in [-0.15, -0.1) is 0 Å². The monoisotopic (exact) mass is 275 g/mol. The van der Waals surface area contributed by atoms with Crippen LogP contribution in [-0.2, 0) is 24.1 Å². The predicted molar refractivity (Wildman–Crippen MR) is 67.0 cm³/mol. The Hall–Kier alpha value is -1.41. The van der Waals surface area contributed by atoms with Gasteiger partial charge in [0.15, 0.2) is 4.90 Å². The van der Waals surface area contributed by atoms with E-state index in [4.69, 9.17) is 0 Å². The quantitative estimate of drug-likeness (QED) is 0.710. The molecule has 0 aromatic carbocycles. The summed E-state index contributed by atoms with van der Waals surface area (Å²) in [5, 5.41) is 0. The summed E-state index contributed by atoms with van der Waals surface area (Å²) in [5.74, 6) is 0. The molecule has 0 aliphatic rings. The Morgan fingerprint density at radius 3 is 2.44 bits per heavy atom. The summed E-state index contributed by atoms with van der Waals surface area (Å²) in [6, 6.07) is 0. The summed E-state index contributed by atoms with van der Waals surface area (Å²) in [6.07, 6.45) is 2.57. The van der Waals surface area contributed by atoms with Gasteiger partial charge in [-0.2, -0.15) is 0 Å². The number of rotatable bonds is 5. The van der Waals surface area contributed by atoms with E-state index in [1.165, 1.54) is 14.1 Å². The lowest BCUT2D eigenvalue weighted by atomic mass is 10.3. The molecule has 0 fully saturated rings. The fourth-order valence-electron chi connectivity index (χ4n) is 1.42. The van der Waals surface area contributed by atoms with Crippen LogP contribution in [0.2, 0.25) is 0 Å². The summed E-state index contributed by atoms with van der Waals surface area (Å²) in [7, 11) is -1.23. The third-order valence-electron chi connectivity index (χ3n) is 2.53. The predicted octanol–water partition coefficient (Wildman–Crippen LogP) is -0.838. The number of unbranched alkanes of at least 4 members (excludes halogenated alkanes) is 1. The highest BCUT2D eigenvalue weighted by Crippen LogP contribution is 2.00. The molecule has 1 heterocycles. The van der Waals surface area contributed by atoms with Crippen molar-refractivity contribution in [1.82, 2.24) is 13.9 Å². The summed E-state index contributed by atoms with van der Waals surface area (Å²) < 4.78 is 28.0. The SMILES string of the molecule is CCCCNS(=O)(=O)c1cn(C)c(=O)n(C)c1=O. The van der Waals surface area contributed by atoms with Gasteiger partial charge in [-0.05, 0) is 6.42 Å². The Morgan fingerprint density at radius 2 is 1.89 bits per heavy atom. The molecular formula is C10H17N3O4S. The van der Waals surface area contributed by atoms with E-state index in [9.17, 15) is 18.0 Å². The first kappa shape index (κ1) is 14.7. The van der Waals surface area contributed by atoms with Crippen LogP contribution in [0.15, 0.2) is 20.7 Å². The topological polar surface area (TPSA) is 90.2 Å². The van der Waals surface area contributed by atoms with Gasteiger partial charge in [-0.1, -0.05) is 13.3 Å². The molecule has 0 spiro atoms. The maximum Gasteiger partial charge on any atom is 0.330 e. The van der Waals surface area contributed by atoms with Gasteiger partial charge in [0.05, 0.1) is 0 Å². The summed E-state index contributed by atoms with van der Waals surface area (Å²) in [5.41, 5.74) is -1.38. The molecule has 1 rings (SSSR count). The van der Waals surface area contributed by atoms with Gasteiger partial charge >= 0.3 is 5.69 Å². The molecule has 0 saturated heterocycles. The van der Waals surface area contributed by atoms with Gasteiger partial charge < -0.3 is 4.57 Å². The zero-order valence-electron chi connectivity index (χ0n) is 10.6. The van der Waals surface area contributed by atoms with Crippen LogP contribution in [0.5, 0.6) is 0 Å². The lowest BCUT2D eigenvalue weighted by molar-refractivity contribution is 0.568. The lowest BCUT2D eigenvalue weighted by Crippen LogP contribution is -2.41. The van der Waals surface area contributed by atoms with E-state index in [0.717, 1.165) is 21.8 Å². The highest BCUT2D eigenvalue weighted by molar-refractivity contribution is 7.89. The van der Waals surface area contributed by atoms with Gasteiger partial charge in [0.2, 0.25) is 10.0 Å². The molecule has 0 aliphatic heterocycles. The van der Waals surface area contributed by atoms with Crippen LogP contribution in [0.25, 0.3) is 0 Å². The fourth-order valence-corrected chi connectivity index (χ4v) is 2.65. The molecule has 0 bridgehead atoms.